The molecule has 0 spiro atoms. The highest BCUT2D eigenvalue weighted by molar-refractivity contribution is 7.91. The minimum Gasteiger partial charge on any atom is -0.278 e. The normalized spacial score (nSPS) is 20.3. The molecule has 128 valence electrons. The lowest BCUT2D eigenvalue weighted by Crippen LogP contribution is -2.42. The number of sulfonamides is 1. The van der Waals surface area contributed by atoms with E-state index in [1.54, 1.807) is 4.83 Å². The first-order valence-electron chi connectivity index (χ1n) is 6.56. The summed E-state index contributed by atoms with van der Waals surface area (Å²) in [4.78, 5) is 12.0. The van der Waals surface area contributed by atoms with Gasteiger partial charge in [-0.25, -0.2) is 25.6 Å². The Labute approximate surface area is 132 Å². The van der Waals surface area contributed by atoms with Crippen molar-refractivity contribution in [2.45, 2.75) is 17.7 Å². The second kappa shape index (κ2) is 6.49. The Bertz CT molecular complexity index is 804. The number of sulfone groups is 1. The largest absolute Gasteiger partial charge is 0.278 e. The SMILES string of the molecule is O=C(C[C@@H]1CCS(=O)(=O)C1)NNS(=O)(=O)c1c(F)cccc1F. The average molecular weight is 368 g/mol. The fourth-order valence-corrected chi connectivity index (χ4v) is 5.12. The topological polar surface area (TPSA) is 109 Å². The molecule has 2 N–H and O–H groups in total. The van der Waals surface area contributed by atoms with Gasteiger partial charge in [-0.3, -0.25) is 10.2 Å². The Kier molecular flexibility index (Phi) is 5.01. The van der Waals surface area contributed by atoms with E-state index in [0.29, 0.717) is 6.42 Å². The minimum atomic E-state index is -4.62. The molecule has 2 rings (SSSR count). The Balaban J connectivity index is 1.98. The highest BCUT2D eigenvalue weighted by Gasteiger charge is 2.30. The summed E-state index contributed by atoms with van der Waals surface area (Å²) in [7, 11) is -7.78. The third kappa shape index (κ3) is 4.45. The molecule has 0 radical (unpaired) electrons. The smallest absolute Gasteiger partial charge is 0.263 e. The Morgan fingerprint density at radius 3 is 2.39 bits per heavy atom. The van der Waals surface area contributed by atoms with Crippen LogP contribution < -0.4 is 10.3 Å². The van der Waals surface area contributed by atoms with Gasteiger partial charge in [-0.05, 0) is 24.5 Å². The van der Waals surface area contributed by atoms with E-state index in [0.717, 1.165) is 18.2 Å². The molecule has 0 saturated carbocycles. The van der Waals surface area contributed by atoms with E-state index in [1.165, 1.54) is 0 Å². The summed E-state index contributed by atoms with van der Waals surface area (Å²) in [6.07, 6.45) is 0.103. The molecule has 1 aliphatic heterocycles. The Morgan fingerprint density at radius 1 is 1.26 bits per heavy atom. The third-order valence-electron chi connectivity index (χ3n) is 3.31. The van der Waals surface area contributed by atoms with Crippen LogP contribution in [0.25, 0.3) is 0 Å². The van der Waals surface area contributed by atoms with E-state index >= 15 is 0 Å². The van der Waals surface area contributed by atoms with Crippen LogP contribution >= 0.6 is 0 Å². The molecule has 1 aromatic carbocycles. The van der Waals surface area contributed by atoms with E-state index in [4.69, 9.17) is 0 Å². The van der Waals surface area contributed by atoms with Gasteiger partial charge in [0, 0.05) is 6.42 Å². The zero-order chi connectivity index (χ0) is 17.3. The fourth-order valence-electron chi connectivity index (χ4n) is 2.26. The summed E-state index contributed by atoms with van der Waals surface area (Å²) in [5.74, 6) is -3.95. The van der Waals surface area contributed by atoms with Gasteiger partial charge in [-0.1, -0.05) is 6.07 Å². The molecule has 1 amide bonds. The van der Waals surface area contributed by atoms with Crippen molar-refractivity contribution in [2.75, 3.05) is 11.5 Å². The Hall–Kier alpha value is -1.59. The number of benzene rings is 1. The first kappa shape index (κ1) is 17.8. The van der Waals surface area contributed by atoms with Crippen molar-refractivity contribution in [3.8, 4) is 0 Å². The molecular formula is C12H14F2N2O5S2. The predicted octanol–water partition coefficient (Wildman–Crippen LogP) is 0.0991. The van der Waals surface area contributed by atoms with Gasteiger partial charge in [0.2, 0.25) is 5.91 Å². The number of carbonyl (C=O) groups excluding carboxylic acids is 1. The van der Waals surface area contributed by atoms with E-state index in [9.17, 15) is 30.4 Å². The molecule has 0 bridgehead atoms. The van der Waals surface area contributed by atoms with Gasteiger partial charge in [-0.2, -0.15) is 0 Å². The van der Waals surface area contributed by atoms with Crippen molar-refractivity contribution < 1.29 is 30.4 Å². The van der Waals surface area contributed by atoms with E-state index in [2.05, 4.69) is 0 Å². The molecule has 1 heterocycles. The van der Waals surface area contributed by atoms with Gasteiger partial charge in [0.05, 0.1) is 11.5 Å². The summed E-state index contributed by atoms with van der Waals surface area (Å²) in [6, 6.07) is 2.54. The third-order valence-corrected chi connectivity index (χ3v) is 6.45. The number of hydrogen-bond donors (Lipinski definition) is 2. The van der Waals surface area contributed by atoms with Crippen molar-refractivity contribution >= 4 is 25.8 Å². The van der Waals surface area contributed by atoms with Gasteiger partial charge >= 0.3 is 0 Å². The highest BCUT2D eigenvalue weighted by atomic mass is 32.2. The van der Waals surface area contributed by atoms with Crippen LogP contribution in [0.1, 0.15) is 12.8 Å². The summed E-state index contributed by atoms with van der Waals surface area (Å²) in [6.45, 7) is 0. The zero-order valence-electron chi connectivity index (χ0n) is 11.8. The molecule has 1 aromatic rings. The van der Waals surface area contributed by atoms with Gasteiger partial charge in [0.15, 0.2) is 14.7 Å². The van der Waals surface area contributed by atoms with Gasteiger partial charge in [0.25, 0.3) is 10.0 Å². The number of halogens is 2. The van der Waals surface area contributed by atoms with Gasteiger partial charge in [-0.15, -0.1) is 4.83 Å². The number of nitrogens with one attached hydrogen (secondary N) is 2. The maximum Gasteiger partial charge on any atom is 0.263 e. The van der Waals surface area contributed by atoms with Crippen molar-refractivity contribution in [2.24, 2.45) is 5.92 Å². The van der Waals surface area contributed by atoms with Crippen molar-refractivity contribution in [3.63, 3.8) is 0 Å². The van der Waals surface area contributed by atoms with Crippen molar-refractivity contribution in [1.29, 1.82) is 0 Å². The van der Waals surface area contributed by atoms with Crippen LogP contribution in [-0.2, 0) is 24.7 Å². The van der Waals surface area contributed by atoms with Crippen molar-refractivity contribution in [1.82, 2.24) is 10.3 Å². The molecule has 1 atom stereocenters. The van der Waals surface area contributed by atoms with Crippen LogP contribution in [0.15, 0.2) is 23.1 Å². The molecule has 1 saturated heterocycles. The molecule has 7 nitrogen and oxygen atoms in total. The van der Waals surface area contributed by atoms with Crippen LogP contribution in [0.2, 0.25) is 0 Å². The number of amides is 1. The fraction of sp³-hybridized carbons (Fsp3) is 0.417. The van der Waals surface area contributed by atoms with E-state index in [-0.39, 0.29) is 17.9 Å². The number of carbonyl (C=O) groups is 1. The van der Waals surface area contributed by atoms with Crippen LogP contribution in [0.3, 0.4) is 0 Å². The van der Waals surface area contributed by atoms with Gasteiger partial charge < -0.3 is 0 Å². The summed E-state index contributed by atoms with van der Waals surface area (Å²) in [5, 5.41) is 0. The molecule has 0 aromatic heterocycles. The lowest BCUT2D eigenvalue weighted by molar-refractivity contribution is -0.122. The van der Waals surface area contributed by atoms with E-state index < -0.39 is 48.2 Å². The van der Waals surface area contributed by atoms with Crippen LogP contribution in [-0.4, -0.2) is 34.2 Å². The van der Waals surface area contributed by atoms with E-state index in [1.807, 2.05) is 5.43 Å². The number of hydrazine groups is 1. The van der Waals surface area contributed by atoms with Crippen LogP contribution in [0.4, 0.5) is 8.78 Å². The monoisotopic (exact) mass is 368 g/mol. The number of hydrogen-bond acceptors (Lipinski definition) is 5. The number of rotatable bonds is 5. The lowest BCUT2D eigenvalue weighted by Gasteiger charge is -2.11. The molecule has 0 unspecified atom stereocenters. The summed E-state index contributed by atoms with van der Waals surface area (Å²) >= 11 is 0. The quantitative estimate of drug-likeness (QED) is 0.717. The van der Waals surface area contributed by atoms with Crippen LogP contribution in [0, 0.1) is 17.6 Å². The molecule has 1 fully saturated rings. The van der Waals surface area contributed by atoms with Crippen LogP contribution in [0.5, 0.6) is 0 Å². The van der Waals surface area contributed by atoms with Crippen molar-refractivity contribution in [3.05, 3.63) is 29.8 Å². The van der Waals surface area contributed by atoms with Gasteiger partial charge in [0.1, 0.15) is 11.6 Å². The maximum absolute atomic E-state index is 13.4. The first-order chi connectivity index (χ1) is 10.6. The highest BCUT2D eigenvalue weighted by Crippen LogP contribution is 2.21. The lowest BCUT2D eigenvalue weighted by atomic mass is 10.1. The summed E-state index contributed by atoms with van der Waals surface area (Å²) < 4.78 is 73.1. The molecule has 1 aliphatic rings. The Morgan fingerprint density at radius 2 is 1.87 bits per heavy atom. The molecular weight excluding hydrogens is 354 g/mol. The second-order valence-electron chi connectivity index (χ2n) is 5.18. The maximum atomic E-state index is 13.4. The second-order valence-corrected chi connectivity index (χ2v) is 9.03. The molecule has 11 heteroatoms. The predicted molar refractivity (Wildman–Crippen MR) is 76.2 cm³/mol. The molecule has 23 heavy (non-hydrogen) atoms. The standard InChI is InChI=1S/C12H14F2N2O5S2/c13-9-2-1-3-10(14)12(9)23(20,21)16-15-11(17)6-8-4-5-22(18,19)7-8/h1-3,8,16H,4-7H2,(H,15,17)/t8-/m0/s1. The first-order valence-corrected chi connectivity index (χ1v) is 9.86. The molecule has 0 aliphatic carbocycles. The summed E-state index contributed by atoms with van der Waals surface area (Å²) in [5.41, 5.74) is 1.83. The minimum absolute atomic E-state index is 0.0168. The zero-order valence-corrected chi connectivity index (χ0v) is 13.4. The average Bonchev–Trinajstić information content (AvgIpc) is 2.75.